The molecule has 1 heterocycles. The number of hydrogen-bond donors (Lipinski definition) is 3. The zero-order valence-corrected chi connectivity index (χ0v) is 16.6. The highest BCUT2D eigenvalue weighted by atomic mass is 16.5. The number of benzene rings is 2. The molecule has 3 N–H and O–H groups in total. The van der Waals surface area contributed by atoms with Gasteiger partial charge in [0.2, 0.25) is 5.95 Å². The van der Waals surface area contributed by atoms with E-state index in [4.69, 9.17) is 4.74 Å². The van der Waals surface area contributed by atoms with E-state index in [0.29, 0.717) is 30.4 Å². The summed E-state index contributed by atoms with van der Waals surface area (Å²) in [5.41, 5.74) is 1.45. The molecule has 3 rings (SSSR count). The third kappa shape index (κ3) is 6.21. The first-order valence-corrected chi connectivity index (χ1v) is 9.58. The molecule has 0 aliphatic carbocycles. The van der Waals surface area contributed by atoms with Crippen LogP contribution in [0.4, 0.5) is 11.8 Å². The standard InChI is InChI=1S/C22H25N5O2/c1-3-23-20-15-16(2)26-22(27-20)25-14-13-24-21(28)17-9-11-19(12-10-17)29-18-7-5-4-6-8-18/h4-12,15H,3,13-14H2,1-2H3,(H,24,28)(H2,23,25,26,27). The maximum atomic E-state index is 12.3. The first-order chi connectivity index (χ1) is 14.1. The lowest BCUT2D eigenvalue weighted by atomic mass is 10.2. The predicted octanol–water partition coefficient (Wildman–Crippen LogP) is 3.85. The highest BCUT2D eigenvalue weighted by Gasteiger charge is 2.06. The van der Waals surface area contributed by atoms with Gasteiger partial charge in [-0.2, -0.15) is 4.98 Å². The van der Waals surface area contributed by atoms with Crippen LogP contribution >= 0.6 is 0 Å². The molecule has 29 heavy (non-hydrogen) atoms. The third-order valence-corrected chi connectivity index (χ3v) is 4.00. The molecule has 0 saturated heterocycles. The molecule has 0 aliphatic heterocycles. The molecule has 3 aromatic rings. The molecular formula is C22H25N5O2. The zero-order valence-electron chi connectivity index (χ0n) is 16.6. The third-order valence-electron chi connectivity index (χ3n) is 4.00. The van der Waals surface area contributed by atoms with Crippen molar-refractivity contribution in [1.29, 1.82) is 0 Å². The minimum Gasteiger partial charge on any atom is -0.457 e. The molecule has 0 saturated carbocycles. The van der Waals surface area contributed by atoms with Gasteiger partial charge >= 0.3 is 0 Å². The Morgan fingerprint density at radius 3 is 2.38 bits per heavy atom. The van der Waals surface area contributed by atoms with Crippen molar-refractivity contribution in [3.05, 3.63) is 71.9 Å². The van der Waals surface area contributed by atoms with Crippen LogP contribution in [-0.4, -0.2) is 35.5 Å². The average molecular weight is 391 g/mol. The van der Waals surface area contributed by atoms with Gasteiger partial charge in [0.1, 0.15) is 17.3 Å². The van der Waals surface area contributed by atoms with E-state index < -0.39 is 0 Å². The number of carbonyl (C=O) groups is 1. The Balaban J connectivity index is 1.46. The fourth-order valence-electron chi connectivity index (χ4n) is 2.67. The van der Waals surface area contributed by atoms with Crippen LogP contribution < -0.4 is 20.7 Å². The number of para-hydroxylation sites is 1. The highest BCUT2D eigenvalue weighted by Crippen LogP contribution is 2.21. The second-order valence-corrected chi connectivity index (χ2v) is 6.37. The number of amides is 1. The maximum Gasteiger partial charge on any atom is 0.251 e. The second-order valence-electron chi connectivity index (χ2n) is 6.37. The number of rotatable bonds is 9. The van der Waals surface area contributed by atoms with Crippen molar-refractivity contribution < 1.29 is 9.53 Å². The van der Waals surface area contributed by atoms with Gasteiger partial charge in [-0.25, -0.2) is 4.98 Å². The van der Waals surface area contributed by atoms with Gasteiger partial charge in [0.25, 0.3) is 5.91 Å². The smallest absolute Gasteiger partial charge is 0.251 e. The summed E-state index contributed by atoms with van der Waals surface area (Å²) in [4.78, 5) is 21.0. The van der Waals surface area contributed by atoms with Gasteiger partial charge in [-0.05, 0) is 50.2 Å². The maximum absolute atomic E-state index is 12.3. The van der Waals surface area contributed by atoms with Crippen molar-refractivity contribution in [2.24, 2.45) is 0 Å². The Kier molecular flexibility index (Phi) is 7.00. The molecule has 0 radical (unpaired) electrons. The largest absolute Gasteiger partial charge is 0.457 e. The summed E-state index contributed by atoms with van der Waals surface area (Å²) in [5.74, 6) is 2.62. The topological polar surface area (TPSA) is 88.2 Å². The molecule has 0 fully saturated rings. The molecule has 7 nitrogen and oxygen atoms in total. The van der Waals surface area contributed by atoms with E-state index in [1.807, 2.05) is 50.2 Å². The van der Waals surface area contributed by atoms with Gasteiger partial charge in [0.05, 0.1) is 0 Å². The summed E-state index contributed by atoms with van der Waals surface area (Å²) in [6.07, 6.45) is 0. The van der Waals surface area contributed by atoms with Crippen LogP contribution in [0.2, 0.25) is 0 Å². The fourth-order valence-corrected chi connectivity index (χ4v) is 2.67. The molecule has 0 unspecified atom stereocenters. The summed E-state index contributed by atoms with van der Waals surface area (Å²) >= 11 is 0. The molecule has 0 spiro atoms. The quantitative estimate of drug-likeness (QED) is 0.480. The van der Waals surface area contributed by atoms with Gasteiger partial charge in [-0.15, -0.1) is 0 Å². The molecule has 2 aromatic carbocycles. The summed E-state index contributed by atoms with van der Waals surface area (Å²) < 4.78 is 5.74. The van der Waals surface area contributed by atoms with Crippen molar-refractivity contribution in [2.45, 2.75) is 13.8 Å². The number of nitrogens with zero attached hydrogens (tertiary/aromatic N) is 2. The van der Waals surface area contributed by atoms with E-state index in [9.17, 15) is 4.79 Å². The lowest BCUT2D eigenvalue weighted by molar-refractivity contribution is 0.0955. The van der Waals surface area contributed by atoms with Crippen molar-refractivity contribution in [2.75, 3.05) is 30.3 Å². The Morgan fingerprint density at radius 1 is 0.931 bits per heavy atom. The van der Waals surface area contributed by atoms with Gasteiger partial charge in [-0.1, -0.05) is 18.2 Å². The van der Waals surface area contributed by atoms with Gasteiger partial charge in [0, 0.05) is 37.0 Å². The van der Waals surface area contributed by atoms with Crippen LogP contribution in [0.15, 0.2) is 60.7 Å². The number of aryl methyl sites for hydroxylation is 1. The first-order valence-electron chi connectivity index (χ1n) is 9.58. The molecule has 0 bridgehead atoms. The summed E-state index contributed by atoms with van der Waals surface area (Å²) in [5, 5.41) is 9.18. The summed E-state index contributed by atoms with van der Waals surface area (Å²) in [6.45, 7) is 5.70. The molecule has 1 aromatic heterocycles. The summed E-state index contributed by atoms with van der Waals surface area (Å²) in [7, 11) is 0. The molecule has 0 atom stereocenters. The lowest BCUT2D eigenvalue weighted by Gasteiger charge is -2.10. The number of aromatic nitrogens is 2. The molecule has 1 amide bonds. The van der Waals surface area contributed by atoms with Crippen LogP contribution in [0.25, 0.3) is 0 Å². The van der Waals surface area contributed by atoms with Gasteiger partial charge in [0.15, 0.2) is 0 Å². The first kappa shape index (κ1) is 20.1. The van der Waals surface area contributed by atoms with E-state index in [1.54, 1.807) is 24.3 Å². The molecule has 7 heteroatoms. The fraction of sp³-hybridized carbons (Fsp3) is 0.227. The van der Waals surface area contributed by atoms with E-state index in [1.165, 1.54) is 0 Å². The van der Waals surface area contributed by atoms with Crippen molar-refractivity contribution in [3.8, 4) is 11.5 Å². The van der Waals surface area contributed by atoms with Crippen LogP contribution in [-0.2, 0) is 0 Å². The van der Waals surface area contributed by atoms with Gasteiger partial charge in [-0.3, -0.25) is 4.79 Å². The Bertz CT molecular complexity index is 930. The molecule has 150 valence electrons. The Morgan fingerprint density at radius 2 is 1.66 bits per heavy atom. The van der Waals surface area contributed by atoms with Crippen LogP contribution in [0.3, 0.4) is 0 Å². The second kappa shape index (κ2) is 10.1. The number of ether oxygens (including phenoxy) is 1. The minimum atomic E-state index is -0.142. The number of hydrogen-bond acceptors (Lipinski definition) is 6. The van der Waals surface area contributed by atoms with E-state index in [2.05, 4.69) is 25.9 Å². The Labute approximate surface area is 170 Å². The highest BCUT2D eigenvalue weighted by molar-refractivity contribution is 5.94. The van der Waals surface area contributed by atoms with E-state index >= 15 is 0 Å². The van der Waals surface area contributed by atoms with Crippen molar-refractivity contribution in [1.82, 2.24) is 15.3 Å². The van der Waals surface area contributed by atoms with Crippen LogP contribution in [0, 0.1) is 6.92 Å². The van der Waals surface area contributed by atoms with E-state index in [-0.39, 0.29) is 5.91 Å². The zero-order chi connectivity index (χ0) is 20.5. The predicted molar refractivity (Wildman–Crippen MR) is 115 cm³/mol. The van der Waals surface area contributed by atoms with Crippen molar-refractivity contribution >= 4 is 17.7 Å². The van der Waals surface area contributed by atoms with Crippen LogP contribution in [0.5, 0.6) is 11.5 Å². The number of nitrogens with one attached hydrogen (secondary N) is 3. The van der Waals surface area contributed by atoms with Crippen molar-refractivity contribution in [3.63, 3.8) is 0 Å². The lowest BCUT2D eigenvalue weighted by Crippen LogP contribution is -2.29. The van der Waals surface area contributed by atoms with E-state index in [0.717, 1.165) is 23.8 Å². The average Bonchev–Trinajstić information content (AvgIpc) is 2.72. The Hall–Kier alpha value is -3.61. The minimum absolute atomic E-state index is 0.142. The van der Waals surface area contributed by atoms with Crippen LogP contribution in [0.1, 0.15) is 23.0 Å². The summed E-state index contributed by atoms with van der Waals surface area (Å²) in [6, 6.07) is 18.5. The molecular weight excluding hydrogens is 366 g/mol. The SMILES string of the molecule is CCNc1cc(C)nc(NCCNC(=O)c2ccc(Oc3ccccc3)cc2)n1. The van der Waals surface area contributed by atoms with Gasteiger partial charge < -0.3 is 20.7 Å². The molecule has 0 aliphatic rings. The monoisotopic (exact) mass is 391 g/mol. The number of anilines is 2. The normalized spacial score (nSPS) is 10.3. The number of carbonyl (C=O) groups excluding carboxylic acids is 1.